The van der Waals surface area contributed by atoms with Crippen molar-refractivity contribution in [2.24, 2.45) is 4.99 Å². The lowest BCUT2D eigenvalue weighted by atomic mass is 10.2. The van der Waals surface area contributed by atoms with E-state index in [9.17, 15) is 4.79 Å². The lowest BCUT2D eigenvalue weighted by Gasteiger charge is -2.02. The van der Waals surface area contributed by atoms with E-state index in [1.807, 2.05) is 31.4 Å². The third-order valence-corrected chi connectivity index (χ3v) is 2.21. The van der Waals surface area contributed by atoms with E-state index in [4.69, 9.17) is 4.74 Å². The molecule has 0 aliphatic heterocycles. The SMILES string of the molecule is CCOC(=NC(=O)c1ccccc1)SC. The Labute approximate surface area is 93.5 Å². The second kappa shape index (κ2) is 6.24. The minimum atomic E-state index is -0.270. The molecule has 15 heavy (non-hydrogen) atoms. The summed E-state index contributed by atoms with van der Waals surface area (Å²) in [7, 11) is 0. The summed E-state index contributed by atoms with van der Waals surface area (Å²) < 4.78 is 5.18. The Morgan fingerprint density at radius 1 is 1.40 bits per heavy atom. The molecule has 0 aliphatic rings. The van der Waals surface area contributed by atoms with Gasteiger partial charge in [0.15, 0.2) is 0 Å². The van der Waals surface area contributed by atoms with Gasteiger partial charge in [-0.15, -0.1) is 0 Å². The molecule has 3 nitrogen and oxygen atoms in total. The van der Waals surface area contributed by atoms with Gasteiger partial charge in [-0.25, -0.2) is 0 Å². The fourth-order valence-electron chi connectivity index (χ4n) is 0.989. The lowest BCUT2D eigenvalue weighted by molar-refractivity contribution is 0.1000. The van der Waals surface area contributed by atoms with Crippen molar-refractivity contribution in [3.05, 3.63) is 35.9 Å². The second-order valence-corrected chi connectivity index (χ2v) is 3.44. The van der Waals surface area contributed by atoms with E-state index in [-0.39, 0.29) is 5.91 Å². The maximum Gasteiger partial charge on any atom is 0.280 e. The zero-order chi connectivity index (χ0) is 11.1. The monoisotopic (exact) mass is 223 g/mol. The number of hydrogen-bond donors (Lipinski definition) is 0. The zero-order valence-electron chi connectivity index (χ0n) is 8.77. The number of aliphatic imine (C=N–C) groups is 1. The first-order valence-electron chi connectivity index (χ1n) is 4.62. The first-order valence-corrected chi connectivity index (χ1v) is 5.85. The van der Waals surface area contributed by atoms with Gasteiger partial charge in [-0.1, -0.05) is 30.0 Å². The molecular formula is C11H13NO2S. The summed E-state index contributed by atoms with van der Waals surface area (Å²) in [5, 5.41) is 0.409. The molecule has 0 atom stereocenters. The normalized spacial score (nSPS) is 11.2. The summed E-state index contributed by atoms with van der Waals surface area (Å²) in [4.78, 5) is 15.5. The minimum absolute atomic E-state index is 0.270. The van der Waals surface area contributed by atoms with Gasteiger partial charge in [0.2, 0.25) is 0 Å². The largest absolute Gasteiger partial charge is 0.473 e. The van der Waals surface area contributed by atoms with Gasteiger partial charge in [-0.05, 0) is 25.3 Å². The lowest BCUT2D eigenvalue weighted by Crippen LogP contribution is -2.04. The highest BCUT2D eigenvalue weighted by Gasteiger charge is 2.05. The minimum Gasteiger partial charge on any atom is -0.473 e. The molecular weight excluding hydrogens is 210 g/mol. The Balaban J connectivity index is 2.77. The van der Waals surface area contributed by atoms with E-state index in [0.717, 1.165) is 0 Å². The van der Waals surface area contributed by atoms with Crippen molar-refractivity contribution in [3.63, 3.8) is 0 Å². The van der Waals surface area contributed by atoms with Crippen LogP contribution in [0.3, 0.4) is 0 Å². The van der Waals surface area contributed by atoms with Crippen molar-refractivity contribution < 1.29 is 9.53 Å². The molecule has 0 spiro atoms. The number of rotatable bonds is 2. The molecule has 0 bridgehead atoms. The van der Waals surface area contributed by atoms with Gasteiger partial charge in [0.25, 0.3) is 11.1 Å². The predicted molar refractivity (Wildman–Crippen MR) is 63.3 cm³/mol. The molecule has 0 unspecified atom stereocenters. The summed E-state index contributed by atoms with van der Waals surface area (Å²) in [5.74, 6) is -0.270. The average Bonchev–Trinajstić information content (AvgIpc) is 2.29. The fourth-order valence-corrected chi connectivity index (χ4v) is 1.40. The van der Waals surface area contributed by atoms with Crippen molar-refractivity contribution >= 4 is 22.9 Å². The molecule has 1 rings (SSSR count). The van der Waals surface area contributed by atoms with Crippen LogP contribution in [0.5, 0.6) is 0 Å². The highest BCUT2D eigenvalue weighted by Crippen LogP contribution is 2.05. The molecule has 1 amide bonds. The summed E-state index contributed by atoms with van der Waals surface area (Å²) in [6, 6.07) is 8.94. The van der Waals surface area contributed by atoms with Crippen LogP contribution in [0, 0.1) is 0 Å². The summed E-state index contributed by atoms with van der Waals surface area (Å²) in [5.41, 5.74) is 0.573. The second-order valence-electron chi connectivity index (χ2n) is 2.69. The zero-order valence-corrected chi connectivity index (χ0v) is 9.58. The number of amides is 1. The van der Waals surface area contributed by atoms with Gasteiger partial charge >= 0.3 is 0 Å². The Kier molecular flexibility index (Phi) is 4.90. The molecule has 0 radical (unpaired) electrons. The van der Waals surface area contributed by atoms with E-state index in [2.05, 4.69) is 4.99 Å². The van der Waals surface area contributed by atoms with Gasteiger partial charge in [-0.3, -0.25) is 4.79 Å². The van der Waals surface area contributed by atoms with Crippen molar-refractivity contribution in [2.45, 2.75) is 6.92 Å². The number of benzene rings is 1. The maximum atomic E-state index is 11.6. The third kappa shape index (κ3) is 3.75. The Bertz CT molecular complexity index is 349. The number of carbonyl (C=O) groups is 1. The van der Waals surface area contributed by atoms with Crippen LogP contribution < -0.4 is 0 Å². The van der Waals surface area contributed by atoms with Gasteiger partial charge in [0.05, 0.1) is 6.61 Å². The fraction of sp³-hybridized carbons (Fsp3) is 0.273. The molecule has 4 heteroatoms. The smallest absolute Gasteiger partial charge is 0.280 e. The van der Waals surface area contributed by atoms with Crippen LogP contribution in [0.1, 0.15) is 17.3 Å². The molecule has 0 N–H and O–H groups in total. The van der Waals surface area contributed by atoms with Crippen LogP contribution in [-0.2, 0) is 4.74 Å². The van der Waals surface area contributed by atoms with Gasteiger partial charge in [0, 0.05) is 5.56 Å². The Morgan fingerprint density at radius 3 is 2.60 bits per heavy atom. The Morgan fingerprint density at radius 2 is 2.07 bits per heavy atom. The van der Waals surface area contributed by atoms with Crippen molar-refractivity contribution in [2.75, 3.05) is 12.9 Å². The summed E-state index contributed by atoms with van der Waals surface area (Å²) >= 11 is 1.32. The van der Waals surface area contributed by atoms with E-state index >= 15 is 0 Å². The van der Waals surface area contributed by atoms with Crippen LogP contribution >= 0.6 is 11.8 Å². The van der Waals surface area contributed by atoms with Crippen LogP contribution in [0.2, 0.25) is 0 Å². The van der Waals surface area contributed by atoms with E-state index in [0.29, 0.717) is 17.4 Å². The molecule has 0 aromatic heterocycles. The van der Waals surface area contributed by atoms with Gasteiger partial charge in [-0.2, -0.15) is 4.99 Å². The maximum absolute atomic E-state index is 11.6. The van der Waals surface area contributed by atoms with E-state index < -0.39 is 0 Å². The summed E-state index contributed by atoms with van der Waals surface area (Å²) in [6.45, 7) is 2.38. The highest BCUT2D eigenvalue weighted by molar-refractivity contribution is 8.13. The van der Waals surface area contributed by atoms with E-state index in [1.165, 1.54) is 11.8 Å². The summed E-state index contributed by atoms with van der Waals surface area (Å²) in [6.07, 6.45) is 1.83. The van der Waals surface area contributed by atoms with Crippen molar-refractivity contribution in [1.29, 1.82) is 0 Å². The molecule has 0 aliphatic carbocycles. The molecule has 0 heterocycles. The van der Waals surface area contributed by atoms with Crippen molar-refractivity contribution in [1.82, 2.24) is 0 Å². The van der Waals surface area contributed by atoms with Crippen LogP contribution in [0.4, 0.5) is 0 Å². The first kappa shape index (κ1) is 11.8. The average molecular weight is 223 g/mol. The van der Waals surface area contributed by atoms with Crippen LogP contribution in [0.25, 0.3) is 0 Å². The quantitative estimate of drug-likeness (QED) is 0.571. The molecule has 1 aromatic rings. The standard InChI is InChI=1S/C11H13NO2S/c1-3-14-11(15-2)12-10(13)9-7-5-4-6-8-9/h4-8H,3H2,1-2H3. The first-order chi connectivity index (χ1) is 7.27. The number of hydrogen-bond acceptors (Lipinski definition) is 3. The predicted octanol–water partition coefficient (Wildman–Crippen LogP) is 2.58. The van der Waals surface area contributed by atoms with E-state index in [1.54, 1.807) is 12.1 Å². The van der Waals surface area contributed by atoms with Gasteiger partial charge < -0.3 is 4.74 Å². The van der Waals surface area contributed by atoms with Gasteiger partial charge in [0.1, 0.15) is 0 Å². The molecule has 0 saturated carbocycles. The molecule has 1 aromatic carbocycles. The molecule has 0 saturated heterocycles. The number of ether oxygens (including phenoxy) is 1. The topological polar surface area (TPSA) is 38.7 Å². The Hall–Kier alpha value is -1.29. The number of thioether (sulfide) groups is 1. The van der Waals surface area contributed by atoms with Crippen LogP contribution in [-0.4, -0.2) is 24.0 Å². The number of carbonyl (C=O) groups excluding carboxylic acids is 1. The third-order valence-electron chi connectivity index (χ3n) is 1.66. The van der Waals surface area contributed by atoms with Crippen molar-refractivity contribution in [3.8, 4) is 0 Å². The van der Waals surface area contributed by atoms with Crippen LogP contribution in [0.15, 0.2) is 35.3 Å². The highest BCUT2D eigenvalue weighted by atomic mass is 32.2. The molecule has 0 fully saturated rings. The molecule has 80 valence electrons. The number of nitrogens with zero attached hydrogens (tertiary/aromatic N) is 1.